The van der Waals surface area contributed by atoms with E-state index in [0.717, 1.165) is 15.4 Å². The van der Waals surface area contributed by atoms with Crippen molar-refractivity contribution in [3.8, 4) is 11.5 Å². The molecule has 0 aliphatic carbocycles. The topological polar surface area (TPSA) is 105 Å². The Hall–Kier alpha value is -4.05. The number of nitrogens with one attached hydrogen (secondary N) is 1. The van der Waals surface area contributed by atoms with E-state index in [0.29, 0.717) is 11.5 Å². The average Bonchev–Trinajstić information content (AvgIpc) is 2.94. The molecule has 0 saturated carbocycles. The Kier molecular flexibility index (Phi) is 10.2. The minimum absolute atomic E-state index is 0.0219. The number of hydrogen-bond acceptors (Lipinski definition) is 6. The highest BCUT2D eigenvalue weighted by Crippen LogP contribution is 2.34. The van der Waals surface area contributed by atoms with E-state index < -0.39 is 28.5 Å². The van der Waals surface area contributed by atoms with Gasteiger partial charge in [-0.05, 0) is 63.1 Å². The summed E-state index contributed by atoms with van der Waals surface area (Å²) in [6, 6.07) is 19.1. The van der Waals surface area contributed by atoms with Crippen LogP contribution in [0.3, 0.4) is 0 Å². The molecule has 1 atom stereocenters. The lowest BCUT2D eigenvalue weighted by atomic mass is 10.1. The number of sulfonamides is 1. The Morgan fingerprint density at radius 3 is 2.10 bits per heavy atom. The maximum absolute atomic E-state index is 14.0. The van der Waals surface area contributed by atoms with Gasteiger partial charge in [-0.2, -0.15) is 0 Å². The first kappa shape index (κ1) is 30.5. The fourth-order valence-corrected chi connectivity index (χ4v) is 5.61. The number of anilines is 1. The van der Waals surface area contributed by atoms with Gasteiger partial charge in [-0.15, -0.1) is 0 Å². The van der Waals surface area contributed by atoms with E-state index in [9.17, 15) is 18.0 Å². The molecule has 214 valence electrons. The molecule has 0 aliphatic rings. The van der Waals surface area contributed by atoms with Crippen LogP contribution in [-0.2, 0) is 26.2 Å². The van der Waals surface area contributed by atoms with Crippen molar-refractivity contribution >= 4 is 27.5 Å². The van der Waals surface area contributed by atoms with Crippen LogP contribution in [0.25, 0.3) is 0 Å². The van der Waals surface area contributed by atoms with Crippen LogP contribution in [0.4, 0.5) is 5.69 Å². The number of amides is 2. The van der Waals surface area contributed by atoms with Crippen molar-refractivity contribution in [2.45, 2.75) is 51.2 Å². The molecule has 1 N–H and O–H groups in total. The molecule has 0 spiro atoms. The standard InChI is InChI=1S/C30H37N3O6S/c1-21(2)31-30(35)23(4)32(19-24-13-11-10-12-22(24)3)29(34)20-33(40(36,37)26-14-8-7-9-15-26)25-16-17-27(38-5)28(18-25)39-6/h7-18,21,23H,19-20H2,1-6H3,(H,31,35). The first-order valence-corrected chi connectivity index (χ1v) is 14.4. The van der Waals surface area contributed by atoms with Gasteiger partial charge in [0, 0.05) is 18.7 Å². The normalized spacial score (nSPS) is 12.0. The van der Waals surface area contributed by atoms with Crippen molar-refractivity contribution in [2.24, 2.45) is 0 Å². The summed E-state index contributed by atoms with van der Waals surface area (Å²) in [5, 5.41) is 2.85. The van der Waals surface area contributed by atoms with Crippen molar-refractivity contribution in [3.63, 3.8) is 0 Å². The molecule has 0 saturated heterocycles. The molecule has 10 heteroatoms. The zero-order valence-electron chi connectivity index (χ0n) is 23.7. The number of hydrogen-bond donors (Lipinski definition) is 1. The molecule has 3 rings (SSSR count). The summed E-state index contributed by atoms with van der Waals surface area (Å²) in [7, 11) is -1.26. The van der Waals surface area contributed by atoms with Gasteiger partial charge in [0.05, 0.1) is 24.8 Å². The summed E-state index contributed by atoms with van der Waals surface area (Å²) >= 11 is 0. The molecule has 0 radical (unpaired) electrons. The molecule has 2 amide bonds. The third-order valence-corrected chi connectivity index (χ3v) is 8.25. The van der Waals surface area contributed by atoms with Crippen molar-refractivity contribution in [1.82, 2.24) is 10.2 Å². The first-order chi connectivity index (χ1) is 19.0. The van der Waals surface area contributed by atoms with Gasteiger partial charge in [0.15, 0.2) is 11.5 Å². The highest BCUT2D eigenvalue weighted by atomic mass is 32.2. The fourth-order valence-electron chi connectivity index (χ4n) is 4.19. The monoisotopic (exact) mass is 567 g/mol. The lowest BCUT2D eigenvalue weighted by molar-refractivity contribution is -0.139. The molecular formula is C30H37N3O6S. The van der Waals surface area contributed by atoms with Gasteiger partial charge in [-0.1, -0.05) is 42.5 Å². The molecule has 9 nitrogen and oxygen atoms in total. The van der Waals surface area contributed by atoms with Crippen LogP contribution in [0.2, 0.25) is 0 Å². The Balaban J connectivity index is 2.09. The molecule has 1 unspecified atom stereocenters. The van der Waals surface area contributed by atoms with Gasteiger partial charge in [-0.25, -0.2) is 8.42 Å². The van der Waals surface area contributed by atoms with E-state index >= 15 is 0 Å². The summed E-state index contributed by atoms with van der Waals surface area (Å²) in [6.45, 7) is 6.82. The Labute approximate surface area is 236 Å². The Bertz CT molecular complexity index is 1430. The van der Waals surface area contributed by atoms with E-state index in [4.69, 9.17) is 9.47 Å². The van der Waals surface area contributed by atoms with Crippen molar-refractivity contribution in [3.05, 3.63) is 83.9 Å². The number of benzene rings is 3. The molecule has 40 heavy (non-hydrogen) atoms. The van der Waals surface area contributed by atoms with Crippen LogP contribution in [0.1, 0.15) is 31.9 Å². The maximum atomic E-state index is 14.0. The third kappa shape index (κ3) is 7.12. The van der Waals surface area contributed by atoms with Crippen LogP contribution < -0.4 is 19.1 Å². The Morgan fingerprint density at radius 2 is 1.50 bits per heavy atom. The van der Waals surface area contributed by atoms with Crippen LogP contribution in [0.5, 0.6) is 11.5 Å². The highest BCUT2D eigenvalue weighted by Gasteiger charge is 2.33. The van der Waals surface area contributed by atoms with Gasteiger partial charge in [0.25, 0.3) is 10.0 Å². The average molecular weight is 568 g/mol. The maximum Gasteiger partial charge on any atom is 0.264 e. The molecule has 0 fully saturated rings. The largest absolute Gasteiger partial charge is 0.493 e. The van der Waals surface area contributed by atoms with Crippen molar-refractivity contribution < 1.29 is 27.5 Å². The molecule has 3 aromatic rings. The second kappa shape index (κ2) is 13.3. The number of ether oxygens (including phenoxy) is 2. The quantitative estimate of drug-likeness (QED) is 0.353. The van der Waals surface area contributed by atoms with Gasteiger partial charge in [-0.3, -0.25) is 13.9 Å². The number of aryl methyl sites for hydroxylation is 1. The van der Waals surface area contributed by atoms with Crippen LogP contribution in [0, 0.1) is 6.92 Å². The lowest BCUT2D eigenvalue weighted by Crippen LogP contribution is -2.52. The van der Waals surface area contributed by atoms with Crippen molar-refractivity contribution in [1.29, 1.82) is 0 Å². The predicted molar refractivity (Wildman–Crippen MR) is 155 cm³/mol. The van der Waals surface area contributed by atoms with E-state index in [1.54, 1.807) is 37.3 Å². The molecule has 0 aliphatic heterocycles. The molecule has 0 bridgehead atoms. The zero-order chi connectivity index (χ0) is 29.4. The summed E-state index contributed by atoms with van der Waals surface area (Å²) in [6.07, 6.45) is 0. The minimum Gasteiger partial charge on any atom is -0.493 e. The summed E-state index contributed by atoms with van der Waals surface area (Å²) in [5.74, 6) is -0.151. The molecule has 3 aromatic carbocycles. The number of methoxy groups -OCH3 is 2. The SMILES string of the molecule is COc1ccc(N(CC(=O)N(Cc2ccccc2C)C(C)C(=O)NC(C)C)S(=O)(=O)c2ccccc2)cc1OC. The number of carbonyl (C=O) groups is 2. The van der Waals surface area contributed by atoms with Crippen LogP contribution in [-0.4, -0.2) is 58.0 Å². The van der Waals surface area contributed by atoms with E-state index in [1.165, 1.54) is 37.3 Å². The minimum atomic E-state index is -4.18. The number of rotatable bonds is 12. The molecular weight excluding hydrogens is 530 g/mol. The van der Waals surface area contributed by atoms with Gasteiger partial charge < -0.3 is 19.7 Å². The van der Waals surface area contributed by atoms with Crippen LogP contribution >= 0.6 is 0 Å². The third-order valence-electron chi connectivity index (χ3n) is 6.47. The molecule has 0 heterocycles. The summed E-state index contributed by atoms with van der Waals surface area (Å²) < 4.78 is 39.6. The smallest absolute Gasteiger partial charge is 0.264 e. The van der Waals surface area contributed by atoms with E-state index in [1.807, 2.05) is 45.0 Å². The summed E-state index contributed by atoms with van der Waals surface area (Å²) in [4.78, 5) is 28.5. The van der Waals surface area contributed by atoms with E-state index in [2.05, 4.69) is 5.32 Å². The lowest BCUT2D eigenvalue weighted by Gasteiger charge is -2.32. The summed E-state index contributed by atoms with van der Waals surface area (Å²) in [5.41, 5.74) is 2.01. The first-order valence-electron chi connectivity index (χ1n) is 12.9. The van der Waals surface area contributed by atoms with Gasteiger partial charge in [0.2, 0.25) is 11.8 Å². The van der Waals surface area contributed by atoms with Gasteiger partial charge in [0.1, 0.15) is 12.6 Å². The predicted octanol–water partition coefficient (Wildman–Crippen LogP) is 4.15. The molecule has 0 aromatic heterocycles. The second-order valence-electron chi connectivity index (χ2n) is 9.65. The number of carbonyl (C=O) groups excluding carboxylic acids is 2. The van der Waals surface area contributed by atoms with Crippen LogP contribution in [0.15, 0.2) is 77.7 Å². The van der Waals surface area contributed by atoms with Gasteiger partial charge >= 0.3 is 0 Å². The van der Waals surface area contributed by atoms with Crippen molar-refractivity contribution in [2.75, 3.05) is 25.1 Å². The fraction of sp³-hybridized carbons (Fsp3) is 0.333. The second-order valence-corrected chi connectivity index (χ2v) is 11.5. The highest BCUT2D eigenvalue weighted by molar-refractivity contribution is 7.92. The Morgan fingerprint density at radius 1 is 0.875 bits per heavy atom. The van der Waals surface area contributed by atoms with E-state index in [-0.39, 0.29) is 29.1 Å². The number of nitrogens with zero attached hydrogens (tertiary/aromatic N) is 2. The zero-order valence-corrected chi connectivity index (χ0v) is 24.6.